The van der Waals surface area contributed by atoms with E-state index < -0.39 is 11.8 Å². The first-order chi connectivity index (χ1) is 14.8. The molecule has 156 valence electrons. The normalized spacial score (nSPS) is 14.0. The van der Waals surface area contributed by atoms with Crippen molar-refractivity contribution in [1.29, 1.82) is 0 Å². The second kappa shape index (κ2) is 9.49. The largest absolute Gasteiger partial charge is 0.273 e. The summed E-state index contributed by atoms with van der Waals surface area (Å²) in [7, 11) is 0. The average molecular weight is 527 g/mol. The summed E-state index contributed by atoms with van der Waals surface area (Å²) in [5.41, 5.74) is 0.313. The molecule has 4 rings (SSSR count). The fraction of sp³-hybridized carbons (Fsp3) is 0. The van der Waals surface area contributed by atoms with E-state index in [1.165, 1.54) is 41.7 Å². The van der Waals surface area contributed by atoms with E-state index >= 15 is 0 Å². The minimum atomic E-state index is -0.445. The number of carbonyl (C=O) groups excluding carboxylic acids is 2. The van der Waals surface area contributed by atoms with Crippen molar-refractivity contribution in [2.24, 2.45) is 0 Å². The van der Waals surface area contributed by atoms with Gasteiger partial charge in [-0.25, -0.2) is 4.90 Å². The molecule has 0 fully saturated rings. The van der Waals surface area contributed by atoms with E-state index in [0.29, 0.717) is 35.6 Å². The Labute approximate surface area is 207 Å². The number of thioether (sulfide) groups is 2. The number of nitrogens with zero attached hydrogens (tertiary/aromatic N) is 1. The summed E-state index contributed by atoms with van der Waals surface area (Å²) in [5.74, 6) is -0.889. The number of anilines is 1. The molecule has 0 N–H and O–H groups in total. The predicted octanol–water partition coefficient (Wildman–Crippen LogP) is 7.97. The third-order valence-electron chi connectivity index (χ3n) is 4.17. The molecule has 1 aliphatic rings. The molecule has 3 aromatic rings. The van der Waals surface area contributed by atoms with Crippen LogP contribution in [-0.2, 0) is 9.59 Å². The highest BCUT2D eigenvalue weighted by Crippen LogP contribution is 2.44. The Bertz CT molecular complexity index is 1120. The third kappa shape index (κ3) is 5.08. The van der Waals surface area contributed by atoms with Gasteiger partial charge in [-0.3, -0.25) is 9.59 Å². The number of rotatable bonds is 5. The zero-order chi connectivity index (χ0) is 22.1. The summed E-state index contributed by atoms with van der Waals surface area (Å²) in [6.45, 7) is 0. The molecule has 3 nitrogen and oxygen atoms in total. The highest BCUT2D eigenvalue weighted by molar-refractivity contribution is 8.08. The Kier molecular flexibility index (Phi) is 6.92. The number of amides is 2. The number of hydrogen-bond acceptors (Lipinski definition) is 4. The van der Waals surface area contributed by atoms with Crippen LogP contribution in [0.2, 0.25) is 20.1 Å². The van der Waals surface area contributed by atoms with E-state index in [2.05, 4.69) is 0 Å². The first-order valence-electron chi connectivity index (χ1n) is 8.78. The first-order valence-corrected chi connectivity index (χ1v) is 11.9. The van der Waals surface area contributed by atoms with Crippen LogP contribution in [0.4, 0.5) is 5.69 Å². The summed E-state index contributed by atoms with van der Waals surface area (Å²) in [6, 6.07) is 18.7. The van der Waals surface area contributed by atoms with Crippen molar-refractivity contribution in [1.82, 2.24) is 0 Å². The minimum absolute atomic E-state index is 0.309. The Hall–Kier alpha value is -1.60. The van der Waals surface area contributed by atoms with Gasteiger partial charge in [0.2, 0.25) is 0 Å². The number of benzene rings is 3. The van der Waals surface area contributed by atoms with Gasteiger partial charge >= 0.3 is 0 Å². The highest BCUT2D eigenvalue weighted by Gasteiger charge is 2.40. The monoisotopic (exact) mass is 525 g/mol. The molecule has 0 spiro atoms. The lowest BCUT2D eigenvalue weighted by Gasteiger charge is -2.16. The van der Waals surface area contributed by atoms with Crippen molar-refractivity contribution in [3.63, 3.8) is 0 Å². The maximum atomic E-state index is 13.3. The van der Waals surface area contributed by atoms with Gasteiger partial charge in [-0.15, -0.1) is 0 Å². The molecule has 1 aliphatic heterocycles. The van der Waals surface area contributed by atoms with Crippen LogP contribution < -0.4 is 4.90 Å². The van der Waals surface area contributed by atoms with Crippen molar-refractivity contribution in [3.05, 3.63) is 96.6 Å². The van der Waals surface area contributed by atoms with Gasteiger partial charge in [0.15, 0.2) is 0 Å². The molecule has 0 bridgehead atoms. The number of carbonyl (C=O) groups is 2. The summed E-state index contributed by atoms with van der Waals surface area (Å²) < 4.78 is 0. The molecule has 0 radical (unpaired) electrons. The molecule has 9 heteroatoms. The minimum Gasteiger partial charge on any atom is -0.268 e. The van der Waals surface area contributed by atoms with Crippen LogP contribution in [0, 0.1) is 0 Å². The topological polar surface area (TPSA) is 37.4 Å². The van der Waals surface area contributed by atoms with E-state index in [9.17, 15) is 9.59 Å². The van der Waals surface area contributed by atoms with E-state index in [-0.39, 0.29) is 0 Å². The molecule has 0 saturated carbocycles. The zero-order valence-electron chi connectivity index (χ0n) is 15.4. The summed E-state index contributed by atoms with van der Waals surface area (Å²) >= 11 is 26.6. The number of imide groups is 1. The predicted molar refractivity (Wildman–Crippen MR) is 131 cm³/mol. The van der Waals surface area contributed by atoms with Crippen LogP contribution >= 0.6 is 69.9 Å². The second-order valence-electron chi connectivity index (χ2n) is 6.34. The van der Waals surface area contributed by atoms with Crippen LogP contribution in [0.3, 0.4) is 0 Å². The van der Waals surface area contributed by atoms with Crippen LogP contribution in [0.15, 0.2) is 86.3 Å². The fourth-order valence-corrected chi connectivity index (χ4v) is 5.56. The summed E-state index contributed by atoms with van der Waals surface area (Å²) in [6.07, 6.45) is 0. The molecule has 3 aromatic carbocycles. The summed E-state index contributed by atoms with van der Waals surface area (Å²) in [4.78, 5) is 30.0. The van der Waals surface area contributed by atoms with Gasteiger partial charge in [0.05, 0.1) is 15.5 Å². The lowest BCUT2D eigenvalue weighted by atomic mass is 10.3. The smallest absolute Gasteiger partial charge is 0.268 e. The highest BCUT2D eigenvalue weighted by atomic mass is 35.5. The fourth-order valence-electron chi connectivity index (χ4n) is 2.81. The van der Waals surface area contributed by atoms with Crippen molar-refractivity contribution in [2.75, 3.05) is 4.90 Å². The quantitative estimate of drug-likeness (QED) is 0.316. The van der Waals surface area contributed by atoms with Crippen LogP contribution in [0.25, 0.3) is 0 Å². The standard InChI is InChI=1S/C22H11Cl4NO2S2/c23-12-1-5-17(6-2-12)30-19-20(31-18-7-3-13(24)4-8-18)22(29)27(21(19)28)16-10-14(25)9-15(26)11-16/h1-11H. The van der Waals surface area contributed by atoms with Gasteiger partial charge in [-0.1, -0.05) is 69.9 Å². The molecular weight excluding hydrogens is 516 g/mol. The van der Waals surface area contributed by atoms with Gasteiger partial charge in [-0.2, -0.15) is 0 Å². The molecule has 0 saturated heterocycles. The molecule has 0 atom stereocenters. The van der Waals surface area contributed by atoms with E-state index in [0.717, 1.165) is 14.7 Å². The van der Waals surface area contributed by atoms with Gasteiger partial charge in [0, 0.05) is 29.9 Å². The zero-order valence-corrected chi connectivity index (χ0v) is 20.1. The maximum absolute atomic E-state index is 13.3. The van der Waals surface area contributed by atoms with Gasteiger partial charge in [0.1, 0.15) is 0 Å². The molecule has 0 aliphatic carbocycles. The van der Waals surface area contributed by atoms with E-state index in [1.807, 2.05) is 0 Å². The lowest BCUT2D eigenvalue weighted by molar-refractivity contribution is -0.120. The number of hydrogen-bond donors (Lipinski definition) is 0. The Balaban J connectivity index is 1.75. The van der Waals surface area contributed by atoms with Crippen molar-refractivity contribution in [2.45, 2.75) is 9.79 Å². The SMILES string of the molecule is O=C1C(Sc2ccc(Cl)cc2)=C(Sc2ccc(Cl)cc2)C(=O)N1c1cc(Cl)cc(Cl)c1. The molecule has 0 aromatic heterocycles. The molecule has 1 heterocycles. The van der Waals surface area contributed by atoms with Gasteiger partial charge in [0.25, 0.3) is 11.8 Å². The van der Waals surface area contributed by atoms with E-state index in [1.54, 1.807) is 48.5 Å². The first kappa shape index (κ1) is 22.6. The Morgan fingerprint density at radius 1 is 0.548 bits per heavy atom. The van der Waals surface area contributed by atoms with Crippen molar-refractivity contribution in [3.8, 4) is 0 Å². The van der Waals surface area contributed by atoms with Crippen molar-refractivity contribution >= 4 is 87.4 Å². The Morgan fingerprint density at radius 3 is 1.32 bits per heavy atom. The third-order valence-corrected chi connectivity index (χ3v) is 7.42. The van der Waals surface area contributed by atoms with Crippen LogP contribution in [0.5, 0.6) is 0 Å². The lowest BCUT2D eigenvalue weighted by Crippen LogP contribution is -2.31. The molecule has 31 heavy (non-hydrogen) atoms. The summed E-state index contributed by atoms with van der Waals surface area (Å²) in [5, 5.41) is 1.82. The van der Waals surface area contributed by atoms with Gasteiger partial charge < -0.3 is 0 Å². The Morgan fingerprint density at radius 2 is 0.935 bits per heavy atom. The molecule has 0 unspecified atom stereocenters. The van der Waals surface area contributed by atoms with Crippen LogP contribution in [0.1, 0.15) is 0 Å². The molecule has 2 amide bonds. The second-order valence-corrected chi connectivity index (χ2v) is 10.3. The average Bonchev–Trinajstić information content (AvgIpc) is 2.94. The van der Waals surface area contributed by atoms with Crippen LogP contribution in [-0.4, -0.2) is 11.8 Å². The maximum Gasteiger partial charge on any atom is 0.273 e. The van der Waals surface area contributed by atoms with Gasteiger partial charge in [-0.05, 0) is 66.7 Å². The molecular formula is C22H11Cl4NO2S2. The van der Waals surface area contributed by atoms with Crippen molar-refractivity contribution < 1.29 is 9.59 Å². The van der Waals surface area contributed by atoms with E-state index in [4.69, 9.17) is 46.4 Å². The number of halogens is 4.